The molecular weight excluding hydrogens is 495 g/mol. The first-order valence-corrected chi connectivity index (χ1v) is 13.5. The van der Waals surface area contributed by atoms with Crippen LogP contribution in [0, 0.1) is 5.82 Å². The maximum absolute atomic E-state index is 15.2. The number of hydrogen-bond acceptors (Lipinski definition) is 4. The topological polar surface area (TPSA) is 70.2 Å². The number of piperazine rings is 1. The summed E-state index contributed by atoms with van der Waals surface area (Å²) in [6, 6.07) is 21.9. The molecule has 0 spiro atoms. The Hall–Kier alpha value is -3.91. The number of amides is 1. The summed E-state index contributed by atoms with van der Waals surface area (Å²) in [6.07, 6.45) is 0.240. The molecule has 1 fully saturated rings. The highest BCUT2D eigenvalue weighted by molar-refractivity contribution is 5.83. The lowest BCUT2D eigenvalue weighted by molar-refractivity contribution is -0.367. The summed E-state index contributed by atoms with van der Waals surface area (Å²) >= 11 is 0. The van der Waals surface area contributed by atoms with Gasteiger partial charge in [0.25, 0.3) is 0 Å². The van der Waals surface area contributed by atoms with E-state index in [0.29, 0.717) is 56.4 Å². The molecule has 1 aliphatic rings. The molecule has 3 aromatic carbocycles. The highest BCUT2D eigenvalue weighted by Gasteiger charge is 2.33. The highest BCUT2D eigenvalue weighted by atomic mass is 19.1. The van der Waals surface area contributed by atoms with Gasteiger partial charge in [-0.3, -0.25) is 9.69 Å². The van der Waals surface area contributed by atoms with E-state index in [-0.39, 0.29) is 30.1 Å². The van der Waals surface area contributed by atoms with Gasteiger partial charge < -0.3 is 19.6 Å². The van der Waals surface area contributed by atoms with E-state index in [2.05, 4.69) is 9.89 Å². The number of nitrogens with one attached hydrogen (secondary N) is 1. The third-order valence-corrected chi connectivity index (χ3v) is 7.23. The van der Waals surface area contributed by atoms with Crippen LogP contribution in [0.15, 0.2) is 72.8 Å². The first-order chi connectivity index (χ1) is 18.9. The van der Waals surface area contributed by atoms with Crippen molar-refractivity contribution in [2.75, 3.05) is 51.3 Å². The number of halogens is 1. The zero-order valence-electron chi connectivity index (χ0n) is 22.9. The predicted octanol–water partition coefficient (Wildman–Crippen LogP) is 3.48. The van der Waals surface area contributed by atoms with Crippen LogP contribution in [-0.4, -0.2) is 73.1 Å². The number of methoxy groups -OCH3 is 1. The minimum absolute atomic E-state index is 0.00471. The monoisotopic (exact) mass is 533 g/mol. The summed E-state index contributed by atoms with van der Waals surface area (Å²) in [4.78, 5) is 22.4. The normalized spacial score (nSPS) is 15.2. The minimum atomic E-state index is -0.364. The van der Waals surface area contributed by atoms with Gasteiger partial charge in [0.1, 0.15) is 11.8 Å². The van der Waals surface area contributed by atoms with Gasteiger partial charge in [0.15, 0.2) is 5.82 Å². The number of anilines is 1. The Kier molecular flexibility index (Phi) is 9.54. The number of para-hydroxylation sites is 1. The molecule has 8 heteroatoms. The summed E-state index contributed by atoms with van der Waals surface area (Å²) in [6.45, 7) is 7.80. The van der Waals surface area contributed by atoms with Crippen LogP contribution in [0.1, 0.15) is 31.0 Å². The highest BCUT2D eigenvalue weighted by Crippen LogP contribution is 2.28. The molecule has 4 rings (SSSR count). The molecule has 1 amide bonds. The Balaban J connectivity index is 1.45. The van der Waals surface area contributed by atoms with E-state index in [1.54, 1.807) is 19.2 Å². The van der Waals surface area contributed by atoms with Gasteiger partial charge in [-0.2, -0.15) is 4.99 Å². The Morgan fingerprint density at radius 1 is 1.00 bits per heavy atom. The number of hydrogen-bond donors (Lipinski definition) is 2. The van der Waals surface area contributed by atoms with Crippen molar-refractivity contribution in [3.63, 3.8) is 0 Å². The predicted molar refractivity (Wildman–Crippen MR) is 152 cm³/mol. The molecule has 206 valence electrons. The van der Waals surface area contributed by atoms with Crippen molar-refractivity contribution in [2.24, 2.45) is 0 Å². The fraction of sp³-hybridized carbons (Fsp3) is 0.355. The summed E-state index contributed by atoms with van der Waals surface area (Å²) in [7, 11) is 1.59. The van der Waals surface area contributed by atoms with Crippen molar-refractivity contribution >= 4 is 23.2 Å². The Morgan fingerprint density at radius 3 is 2.31 bits per heavy atom. The molecular formula is C31H38FN4O3+. The van der Waals surface area contributed by atoms with Gasteiger partial charge in [0.05, 0.1) is 19.2 Å². The number of aliphatic hydroxyl groups excluding tert-OH is 1. The van der Waals surface area contributed by atoms with Gasteiger partial charge in [-0.05, 0) is 31.5 Å². The molecule has 1 atom stereocenters. The van der Waals surface area contributed by atoms with Crippen molar-refractivity contribution in [3.05, 3.63) is 89.7 Å². The maximum Gasteiger partial charge on any atom is 0.342 e. The first-order valence-electron chi connectivity index (χ1n) is 13.5. The molecule has 2 N–H and O–H groups in total. The van der Waals surface area contributed by atoms with E-state index < -0.39 is 0 Å². The lowest BCUT2D eigenvalue weighted by Crippen LogP contribution is -2.67. The lowest BCUT2D eigenvalue weighted by Gasteiger charge is -2.41. The van der Waals surface area contributed by atoms with Crippen LogP contribution >= 0.6 is 0 Å². The van der Waals surface area contributed by atoms with E-state index in [9.17, 15) is 9.90 Å². The van der Waals surface area contributed by atoms with E-state index >= 15 is 4.39 Å². The van der Waals surface area contributed by atoms with Crippen LogP contribution in [-0.2, 0) is 11.2 Å². The number of ether oxygens (including phenoxy) is 1. The van der Waals surface area contributed by atoms with E-state index in [0.717, 1.165) is 11.1 Å². The molecule has 0 aromatic heterocycles. The van der Waals surface area contributed by atoms with Gasteiger partial charge in [0.2, 0.25) is 11.6 Å². The number of carbonyl (C=O) groups excluding carboxylic acids is 1. The molecule has 1 aliphatic heterocycles. The van der Waals surface area contributed by atoms with E-state index in [1.807, 2.05) is 78.2 Å². The van der Waals surface area contributed by atoms with Gasteiger partial charge in [-0.25, -0.2) is 4.39 Å². The quantitative estimate of drug-likeness (QED) is 0.309. The summed E-state index contributed by atoms with van der Waals surface area (Å²) in [5.41, 5.74) is 2.79. The second-order valence-corrected chi connectivity index (χ2v) is 9.57. The van der Waals surface area contributed by atoms with Crippen molar-refractivity contribution < 1.29 is 24.0 Å². The fourth-order valence-corrected chi connectivity index (χ4v) is 5.16. The molecule has 39 heavy (non-hydrogen) atoms. The Bertz CT molecular complexity index is 1270. The van der Waals surface area contributed by atoms with Gasteiger partial charge in [-0.15, -0.1) is 0 Å². The van der Waals surface area contributed by atoms with E-state index in [4.69, 9.17) is 4.74 Å². The molecule has 0 bridgehead atoms. The number of carbonyl (C=O) groups is 1. The lowest BCUT2D eigenvalue weighted by atomic mass is 10.0. The molecule has 7 nitrogen and oxygen atoms in total. The van der Waals surface area contributed by atoms with Crippen LogP contribution in [0.2, 0.25) is 0 Å². The molecule has 1 heterocycles. The number of likely N-dealkylation sites (N-methyl/N-ethyl adjacent to an activating group) is 1. The summed E-state index contributed by atoms with van der Waals surface area (Å²) < 4.78 is 20.5. The SMILES string of the molecule is CCN(CC)C(=O)C(c1ccccc1)N1CCN(c2ccc([NH+]=C(O)Cc3ccccc3OC)cc2F)CC1. The van der Waals surface area contributed by atoms with Crippen LogP contribution in [0.5, 0.6) is 5.75 Å². The number of benzene rings is 3. The van der Waals surface area contributed by atoms with Crippen molar-refractivity contribution in [1.82, 2.24) is 9.80 Å². The van der Waals surface area contributed by atoms with Crippen LogP contribution in [0.3, 0.4) is 0 Å². The third kappa shape index (κ3) is 6.75. The van der Waals surface area contributed by atoms with Crippen molar-refractivity contribution in [1.29, 1.82) is 0 Å². The van der Waals surface area contributed by atoms with Crippen LogP contribution in [0.25, 0.3) is 0 Å². The van der Waals surface area contributed by atoms with E-state index in [1.165, 1.54) is 6.07 Å². The summed E-state index contributed by atoms with van der Waals surface area (Å²) in [5.74, 6) is 0.424. The molecule has 0 aliphatic carbocycles. The summed E-state index contributed by atoms with van der Waals surface area (Å²) in [5, 5.41) is 10.5. The molecule has 0 radical (unpaired) electrons. The fourth-order valence-electron chi connectivity index (χ4n) is 5.16. The Labute approximate surface area is 230 Å². The average molecular weight is 534 g/mol. The zero-order chi connectivity index (χ0) is 27.8. The smallest absolute Gasteiger partial charge is 0.342 e. The average Bonchev–Trinajstić information content (AvgIpc) is 2.95. The van der Waals surface area contributed by atoms with Gasteiger partial charge >= 0.3 is 5.90 Å². The molecule has 0 saturated carbocycles. The second kappa shape index (κ2) is 13.2. The standard InChI is InChI=1S/C31H37FN4O3/c1-4-34(5-2)31(38)30(23-11-7-6-8-12-23)36-19-17-35(18-20-36)27-16-15-25(22-26(27)32)33-29(37)21-24-13-9-10-14-28(24)39-3/h6-16,22,30H,4-5,17-21H2,1-3H3,(H,33,37)/p+1. The third-order valence-electron chi connectivity index (χ3n) is 7.23. The second-order valence-electron chi connectivity index (χ2n) is 9.57. The molecule has 1 unspecified atom stereocenters. The first kappa shape index (κ1) is 28.1. The van der Waals surface area contributed by atoms with Gasteiger partial charge in [-0.1, -0.05) is 48.5 Å². The maximum atomic E-state index is 15.2. The minimum Gasteiger partial charge on any atom is -0.496 e. The Morgan fingerprint density at radius 2 is 1.67 bits per heavy atom. The van der Waals surface area contributed by atoms with Gasteiger partial charge in [0, 0.05) is 57.0 Å². The van der Waals surface area contributed by atoms with Crippen molar-refractivity contribution in [3.8, 4) is 5.75 Å². The van der Waals surface area contributed by atoms with Crippen LogP contribution < -0.4 is 14.6 Å². The number of nitrogens with zero attached hydrogens (tertiary/aromatic N) is 3. The zero-order valence-corrected chi connectivity index (χ0v) is 22.9. The van der Waals surface area contributed by atoms with Crippen molar-refractivity contribution in [2.45, 2.75) is 26.3 Å². The number of rotatable bonds is 10. The van der Waals surface area contributed by atoms with Crippen LogP contribution in [0.4, 0.5) is 15.8 Å². The molecule has 3 aromatic rings. The number of aliphatic hydroxyl groups is 1. The largest absolute Gasteiger partial charge is 0.496 e. The molecule has 1 saturated heterocycles.